The molecule has 130 valence electrons. The van der Waals surface area contributed by atoms with Crippen LogP contribution in [0.4, 0.5) is 0 Å². The molecule has 5 heteroatoms. The number of hydrogen-bond donors (Lipinski definition) is 2. The molecule has 5 nitrogen and oxygen atoms in total. The Bertz CT molecular complexity index is 840. The number of H-pyrrole nitrogens is 1. The Hall–Kier alpha value is -2.79. The van der Waals surface area contributed by atoms with Crippen LogP contribution in [-0.4, -0.2) is 38.3 Å². The highest BCUT2D eigenvalue weighted by Gasteiger charge is 2.19. The topological polar surface area (TPSA) is 63.4 Å². The molecule has 2 aromatic carbocycles. The van der Waals surface area contributed by atoms with E-state index >= 15 is 0 Å². The standard InChI is InChI=1S/C20H22N2O3/c1-24-13-20(23)22-11-17(14-7-9-15(25-2)10-8-14)18-12-21-19-6-4-3-5-16(18)19/h3-10,12,17,21H,11,13H2,1-2H3,(H,22,23). The molecule has 0 aliphatic carbocycles. The van der Waals surface area contributed by atoms with E-state index in [1.807, 2.05) is 48.7 Å². The third kappa shape index (κ3) is 3.83. The van der Waals surface area contributed by atoms with Crippen molar-refractivity contribution in [1.29, 1.82) is 0 Å². The van der Waals surface area contributed by atoms with Gasteiger partial charge in [0.15, 0.2) is 0 Å². The van der Waals surface area contributed by atoms with Crippen LogP contribution in [0.25, 0.3) is 10.9 Å². The number of methoxy groups -OCH3 is 2. The van der Waals surface area contributed by atoms with Gasteiger partial charge in [-0.25, -0.2) is 0 Å². The van der Waals surface area contributed by atoms with Gasteiger partial charge in [0.1, 0.15) is 12.4 Å². The fourth-order valence-electron chi connectivity index (χ4n) is 3.02. The number of fused-ring (bicyclic) bond motifs is 1. The van der Waals surface area contributed by atoms with Gasteiger partial charge in [-0.15, -0.1) is 0 Å². The second-order valence-electron chi connectivity index (χ2n) is 5.85. The van der Waals surface area contributed by atoms with Gasteiger partial charge in [0.25, 0.3) is 0 Å². The Morgan fingerprint density at radius 3 is 2.60 bits per heavy atom. The Morgan fingerprint density at radius 1 is 1.12 bits per heavy atom. The number of ether oxygens (including phenoxy) is 2. The van der Waals surface area contributed by atoms with E-state index in [1.165, 1.54) is 7.11 Å². The molecule has 0 aliphatic heterocycles. The van der Waals surface area contributed by atoms with Gasteiger partial charge in [-0.2, -0.15) is 0 Å². The first kappa shape index (κ1) is 17.0. The first-order chi connectivity index (χ1) is 12.2. The summed E-state index contributed by atoms with van der Waals surface area (Å²) in [6, 6.07) is 16.1. The molecule has 0 spiro atoms. The van der Waals surface area contributed by atoms with E-state index in [9.17, 15) is 4.79 Å². The normalized spacial score (nSPS) is 12.1. The predicted octanol–water partition coefficient (Wildman–Crippen LogP) is 3.07. The molecule has 1 amide bonds. The highest BCUT2D eigenvalue weighted by Crippen LogP contribution is 2.31. The number of aromatic amines is 1. The lowest BCUT2D eigenvalue weighted by molar-refractivity contribution is -0.124. The minimum Gasteiger partial charge on any atom is -0.497 e. The van der Waals surface area contributed by atoms with E-state index in [1.54, 1.807) is 7.11 Å². The average Bonchev–Trinajstić information content (AvgIpc) is 3.07. The van der Waals surface area contributed by atoms with Gasteiger partial charge in [0, 0.05) is 36.7 Å². The zero-order valence-corrected chi connectivity index (χ0v) is 14.4. The zero-order chi connectivity index (χ0) is 17.6. The summed E-state index contributed by atoms with van der Waals surface area (Å²) in [6.07, 6.45) is 2.02. The largest absolute Gasteiger partial charge is 0.497 e. The number of hydrogen-bond acceptors (Lipinski definition) is 3. The second kappa shape index (κ2) is 7.85. The minimum atomic E-state index is -0.124. The van der Waals surface area contributed by atoms with Crippen molar-refractivity contribution < 1.29 is 14.3 Å². The summed E-state index contributed by atoms with van der Waals surface area (Å²) < 4.78 is 10.1. The van der Waals surface area contributed by atoms with Crippen LogP contribution in [0.5, 0.6) is 5.75 Å². The molecular weight excluding hydrogens is 316 g/mol. The molecule has 0 bridgehead atoms. The van der Waals surface area contributed by atoms with Gasteiger partial charge in [0.05, 0.1) is 7.11 Å². The summed E-state index contributed by atoms with van der Waals surface area (Å²) in [5.41, 5.74) is 3.35. The van der Waals surface area contributed by atoms with E-state index in [-0.39, 0.29) is 18.4 Å². The Morgan fingerprint density at radius 2 is 1.88 bits per heavy atom. The van der Waals surface area contributed by atoms with Gasteiger partial charge in [0.2, 0.25) is 5.91 Å². The van der Waals surface area contributed by atoms with Crippen LogP contribution in [0.3, 0.4) is 0 Å². The minimum absolute atomic E-state index is 0.0304. The maximum absolute atomic E-state index is 11.8. The summed E-state index contributed by atoms with van der Waals surface area (Å²) in [4.78, 5) is 15.2. The molecular formula is C20H22N2O3. The van der Waals surface area contributed by atoms with Crippen molar-refractivity contribution >= 4 is 16.8 Å². The summed E-state index contributed by atoms with van der Waals surface area (Å²) >= 11 is 0. The number of rotatable bonds is 7. The molecule has 3 aromatic rings. The van der Waals surface area contributed by atoms with Crippen LogP contribution in [-0.2, 0) is 9.53 Å². The van der Waals surface area contributed by atoms with Gasteiger partial charge < -0.3 is 19.8 Å². The molecule has 0 aliphatic rings. The number of aromatic nitrogens is 1. The Balaban J connectivity index is 1.94. The van der Waals surface area contributed by atoms with Crippen molar-refractivity contribution in [3.63, 3.8) is 0 Å². The number of carbonyl (C=O) groups excluding carboxylic acids is 1. The van der Waals surface area contributed by atoms with Gasteiger partial charge >= 0.3 is 0 Å². The monoisotopic (exact) mass is 338 g/mol. The SMILES string of the molecule is COCC(=O)NCC(c1ccc(OC)cc1)c1c[nH]c2ccccc12. The van der Waals surface area contributed by atoms with E-state index in [4.69, 9.17) is 9.47 Å². The van der Waals surface area contributed by atoms with Crippen LogP contribution < -0.4 is 10.1 Å². The highest BCUT2D eigenvalue weighted by atomic mass is 16.5. The molecule has 1 atom stereocenters. The Labute approximate surface area is 147 Å². The smallest absolute Gasteiger partial charge is 0.246 e. The van der Waals surface area contributed by atoms with E-state index in [2.05, 4.69) is 16.4 Å². The van der Waals surface area contributed by atoms with Crippen molar-refractivity contribution in [2.75, 3.05) is 27.4 Å². The average molecular weight is 338 g/mol. The zero-order valence-electron chi connectivity index (χ0n) is 14.4. The summed E-state index contributed by atoms with van der Waals surface area (Å²) in [5, 5.41) is 4.11. The van der Waals surface area contributed by atoms with Crippen LogP contribution in [0.1, 0.15) is 17.0 Å². The van der Waals surface area contributed by atoms with E-state index < -0.39 is 0 Å². The third-order valence-electron chi connectivity index (χ3n) is 4.29. The third-order valence-corrected chi connectivity index (χ3v) is 4.29. The lowest BCUT2D eigenvalue weighted by Gasteiger charge is -2.18. The molecule has 1 heterocycles. The van der Waals surface area contributed by atoms with E-state index in [0.717, 1.165) is 27.8 Å². The Kier molecular flexibility index (Phi) is 5.36. The molecule has 0 saturated heterocycles. The summed E-state index contributed by atoms with van der Waals surface area (Å²) in [6.45, 7) is 0.555. The van der Waals surface area contributed by atoms with Crippen molar-refractivity contribution in [3.05, 3.63) is 65.9 Å². The lowest BCUT2D eigenvalue weighted by atomic mass is 9.91. The molecule has 0 saturated carbocycles. The summed E-state index contributed by atoms with van der Waals surface area (Å²) in [5.74, 6) is 0.716. The molecule has 2 N–H and O–H groups in total. The van der Waals surface area contributed by atoms with Crippen LogP contribution in [0.15, 0.2) is 54.7 Å². The molecule has 3 rings (SSSR count). The second-order valence-corrected chi connectivity index (χ2v) is 5.85. The van der Waals surface area contributed by atoms with Crippen molar-refractivity contribution in [2.45, 2.75) is 5.92 Å². The molecule has 1 aromatic heterocycles. The predicted molar refractivity (Wildman–Crippen MR) is 98.0 cm³/mol. The maximum atomic E-state index is 11.8. The fraction of sp³-hybridized carbons (Fsp3) is 0.250. The first-order valence-electron chi connectivity index (χ1n) is 8.18. The maximum Gasteiger partial charge on any atom is 0.246 e. The van der Waals surface area contributed by atoms with Crippen molar-refractivity contribution in [3.8, 4) is 5.75 Å². The van der Waals surface area contributed by atoms with Crippen LogP contribution in [0.2, 0.25) is 0 Å². The van der Waals surface area contributed by atoms with E-state index in [0.29, 0.717) is 6.54 Å². The number of benzene rings is 2. The van der Waals surface area contributed by atoms with Crippen molar-refractivity contribution in [2.24, 2.45) is 0 Å². The molecule has 0 fully saturated rings. The quantitative estimate of drug-likeness (QED) is 0.696. The van der Waals surface area contributed by atoms with Gasteiger partial charge in [-0.05, 0) is 29.3 Å². The molecule has 25 heavy (non-hydrogen) atoms. The van der Waals surface area contributed by atoms with Gasteiger partial charge in [-0.1, -0.05) is 30.3 Å². The first-order valence-corrected chi connectivity index (χ1v) is 8.18. The number of carbonyl (C=O) groups is 1. The highest BCUT2D eigenvalue weighted by molar-refractivity contribution is 5.84. The number of amides is 1. The van der Waals surface area contributed by atoms with Crippen molar-refractivity contribution in [1.82, 2.24) is 10.3 Å². The fourth-order valence-corrected chi connectivity index (χ4v) is 3.02. The number of para-hydroxylation sites is 1. The lowest BCUT2D eigenvalue weighted by Crippen LogP contribution is -2.31. The van der Waals surface area contributed by atoms with Crippen LogP contribution >= 0.6 is 0 Å². The van der Waals surface area contributed by atoms with Gasteiger partial charge in [-0.3, -0.25) is 4.79 Å². The molecule has 1 unspecified atom stereocenters. The molecule has 0 radical (unpaired) electrons. The summed E-state index contributed by atoms with van der Waals surface area (Å²) in [7, 11) is 3.16. The van der Waals surface area contributed by atoms with Crippen LogP contribution in [0, 0.1) is 0 Å². The number of nitrogens with one attached hydrogen (secondary N) is 2.